The fraction of sp³-hybridized carbons (Fsp3) is 0.143. The van der Waals surface area contributed by atoms with Crippen molar-refractivity contribution in [2.24, 2.45) is 0 Å². The van der Waals surface area contributed by atoms with Crippen LogP contribution in [0.5, 0.6) is 5.75 Å². The Morgan fingerprint density at radius 2 is 1.82 bits per heavy atom. The maximum absolute atomic E-state index is 5.81. The summed E-state index contributed by atoms with van der Waals surface area (Å²) >= 11 is 0. The fourth-order valence-corrected chi connectivity index (χ4v) is 1.67. The van der Waals surface area contributed by atoms with Gasteiger partial charge in [0.15, 0.2) is 0 Å². The zero-order chi connectivity index (χ0) is 11.4. The summed E-state index contributed by atoms with van der Waals surface area (Å²) in [7, 11) is 0. The van der Waals surface area contributed by atoms with Crippen molar-refractivity contribution in [1.82, 2.24) is 0 Å². The van der Waals surface area contributed by atoms with E-state index in [2.05, 4.69) is 12.1 Å². The Kier molecular flexibility index (Phi) is 6.23. The molecule has 17 heavy (non-hydrogen) atoms. The predicted octanol–water partition coefficient (Wildman–Crippen LogP) is 0.451. The molecule has 0 saturated carbocycles. The smallest absolute Gasteiger partial charge is 1.00 e. The maximum atomic E-state index is 5.81. The van der Waals surface area contributed by atoms with Crippen molar-refractivity contribution in [2.45, 2.75) is 6.92 Å². The van der Waals surface area contributed by atoms with Crippen LogP contribution < -0.4 is 61.9 Å². The number of hydrogen-bond donors (Lipinski definition) is 1. The average molecular weight is 253 g/mol. The van der Waals surface area contributed by atoms with Crippen LogP contribution in [0, 0.1) is 0 Å². The van der Waals surface area contributed by atoms with E-state index < -0.39 is 0 Å². The van der Waals surface area contributed by atoms with Gasteiger partial charge in [-0.15, -0.1) is 0 Å². The van der Waals surface area contributed by atoms with Crippen LogP contribution in [-0.4, -0.2) is 6.61 Å². The summed E-state index contributed by atoms with van der Waals surface area (Å²) in [6.45, 7) is 2.63. The van der Waals surface area contributed by atoms with E-state index in [-0.39, 0.29) is 52.8 Å². The van der Waals surface area contributed by atoms with Gasteiger partial charge < -0.3 is 11.9 Å². The van der Waals surface area contributed by atoms with Crippen molar-refractivity contribution >= 4 is 5.69 Å². The SMILES string of the molecule is CCOc1ccc(N)cc1-c1ccccc1.[H-].[K+]. The molecule has 84 valence electrons. The minimum atomic E-state index is 0. The predicted molar refractivity (Wildman–Crippen MR) is 68.6 cm³/mol. The van der Waals surface area contributed by atoms with E-state index in [1.807, 2.05) is 43.3 Å². The molecule has 0 aliphatic carbocycles. The Hall–Kier alpha value is -0.324. The fourth-order valence-electron chi connectivity index (χ4n) is 1.67. The maximum Gasteiger partial charge on any atom is 1.00 e. The molecule has 0 radical (unpaired) electrons. The molecule has 0 aliphatic heterocycles. The minimum absolute atomic E-state index is 0. The standard InChI is InChI=1S/C14H15NO.K.H/c1-2-16-14-9-8-12(15)10-13(14)11-6-4-3-5-7-11;;/h3-10H,2,15H2,1H3;;/q;+1;-1. The summed E-state index contributed by atoms with van der Waals surface area (Å²) in [6, 6.07) is 15.8. The van der Waals surface area contributed by atoms with Gasteiger partial charge in [-0.3, -0.25) is 0 Å². The zero-order valence-corrected chi connectivity index (χ0v) is 13.4. The van der Waals surface area contributed by atoms with Crippen molar-refractivity contribution < 1.29 is 57.5 Å². The molecule has 0 fully saturated rings. The molecule has 0 amide bonds. The van der Waals surface area contributed by atoms with Gasteiger partial charge in [0.05, 0.1) is 6.61 Å². The molecule has 0 spiro atoms. The van der Waals surface area contributed by atoms with E-state index in [1.54, 1.807) is 0 Å². The molecular formula is C14H16KNO. The van der Waals surface area contributed by atoms with E-state index in [0.29, 0.717) is 6.61 Å². The number of benzene rings is 2. The Balaban J connectivity index is 0.00000144. The van der Waals surface area contributed by atoms with Crippen LogP contribution in [0.25, 0.3) is 11.1 Å². The van der Waals surface area contributed by atoms with Gasteiger partial charge in [-0.25, -0.2) is 0 Å². The van der Waals surface area contributed by atoms with E-state index in [4.69, 9.17) is 10.5 Å². The molecule has 2 nitrogen and oxygen atoms in total. The normalized spacial score (nSPS) is 9.47. The van der Waals surface area contributed by atoms with Crippen LogP contribution in [0.3, 0.4) is 0 Å². The number of hydrogen-bond acceptors (Lipinski definition) is 2. The van der Waals surface area contributed by atoms with Crippen LogP contribution in [0.4, 0.5) is 5.69 Å². The molecule has 0 unspecified atom stereocenters. The summed E-state index contributed by atoms with van der Waals surface area (Å²) in [5.74, 6) is 0.878. The molecule has 2 aromatic rings. The van der Waals surface area contributed by atoms with Crippen molar-refractivity contribution in [2.75, 3.05) is 12.3 Å². The Bertz CT molecular complexity index is 476. The van der Waals surface area contributed by atoms with Gasteiger partial charge in [-0.1, -0.05) is 30.3 Å². The summed E-state index contributed by atoms with van der Waals surface area (Å²) in [5, 5.41) is 0. The summed E-state index contributed by atoms with van der Waals surface area (Å²) in [4.78, 5) is 0. The van der Waals surface area contributed by atoms with Crippen molar-refractivity contribution in [3.8, 4) is 16.9 Å². The second kappa shape index (κ2) is 7.19. The van der Waals surface area contributed by atoms with Gasteiger partial charge in [0, 0.05) is 11.3 Å². The molecule has 0 aliphatic rings. The first-order valence-corrected chi connectivity index (χ1v) is 5.39. The Morgan fingerprint density at radius 3 is 2.47 bits per heavy atom. The first-order chi connectivity index (χ1) is 7.81. The quantitative estimate of drug-likeness (QED) is 0.637. The first kappa shape index (κ1) is 14.7. The molecular weight excluding hydrogens is 237 g/mol. The van der Waals surface area contributed by atoms with Crippen molar-refractivity contribution in [3.63, 3.8) is 0 Å². The van der Waals surface area contributed by atoms with Gasteiger partial charge in [0.1, 0.15) is 5.75 Å². The van der Waals surface area contributed by atoms with Crippen molar-refractivity contribution in [1.29, 1.82) is 0 Å². The number of nitrogens with two attached hydrogens (primary N) is 1. The molecule has 0 bridgehead atoms. The van der Waals surface area contributed by atoms with Crippen molar-refractivity contribution in [3.05, 3.63) is 48.5 Å². The molecule has 2 aromatic carbocycles. The number of nitrogen functional groups attached to an aromatic ring is 1. The van der Waals surface area contributed by atoms with Gasteiger partial charge in [0.2, 0.25) is 0 Å². The van der Waals surface area contributed by atoms with Gasteiger partial charge in [-0.2, -0.15) is 0 Å². The Morgan fingerprint density at radius 1 is 1.12 bits per heavy atom. The second-order valence-electron chi connectivity index (χ2n) is 3.55. The molecule has 2 N–H and O–H groups in total. The van der Waals surface area contributed by atoms with Gasteiger partial charge in [-0.05, 0) is 30.7 Å². The molecule has 0 heterocycles. The monoisotopic (exact) mass is 253 g/mol. The van der Waals surface area contributed by atoms with E-state index in [9.17, 15) is 0 Å². The average Bonchev–Trinajstić information content (AvgIpc) is 2.33. The number of anilines is 1. The van der Waals surface area contributed by atoms with Gasteiger partial charge >= 0.3 is 51.4 Å². The zero-order valence-electron chi connectivity index (χ0n) is 11.3. The third-order valence-corrected chi connectivity index (χ3v) is 2.39. The summed E-state index contributed by atoms with van der Waals surface area (Å²) in [6.07, 6.45) is 0. The largest absolute Gasteiger partial charge is 1.00 e. The molecule has 2 rings (SSSR count). The molecule has 0 atom stereocenters. The van der Waals surface area contributed by atoms with Crippen LogP contribution in [-0.2, 0) is 0 Å². The second-order valence-corrected chi connectivity index (χ2v) is 3.55. The van der Waals surface area contributed by atoms with E-state index >= 15 is 0 Å². The minimum Gasteiger partial charge on any atom is -1.00 e. The number of rotatable bonds is 3. The third-order valence-electron chi connectivity index (χ3n) is 2.39. The van der Waals surface area contributed by atoms with Crippen LogP contribution in [0.15, 0.2) is 48.5 Å². The van der Waals surface area contributed by atoms with E-state index in [1.165, 1.54) is 0 Å². The van der Waals surface area contributed by atoms with E-state index in [0.717, 1.165) is 22.6 Å². The third kappa shape index (κ3) is 3.83. The summed E-state index contributed by atoms with van der Waals surface area (Å²) in [5.41, 5.74) is 8.72. The summed E-state index contributed by atoms with van der Waals surface area (Å²) < 4.78 is 5.59. The molecule has 3 heteroatoms. The topological polar surface area (TPSA) is 35.2 Å². The number of ether oxygens (including phenoxy) is 1. The molecule has 0 aromatic heterocycles. The Labute approximate surface area is 146 Å². The van der Waals surface area contributed by atoms with Crippen LogP contribution in [0.1, 0.15) is 8.35 Å². The van der Waals surface area contributed by atoms with Crippen LogP contribution >= 0.6 is 0 Å². The van der Waals surface area contributed by atoms with Gasteiger partial charge in [0.25, 0.3) is 0 Å². The first-order valence-electron chi connectivity index (χ1n) is 5.39. The van der Waals surface area contributed by atoms with Crippen LogP contribution in [0.2, 0.25) is 0 Å². The molecule has 0 saturated heterocycles.